The van der Waals surface area contributed by atoms with Gasteiger partial charge in [0.2, 0.25) is 35.7 Å². The van der Waals surface area contributed by atoms with Gasteiger partial charge in [-0.25, -0.2) is 50.5 Å². The Bertz CT molecular complexity index is 5120. The molecule has 8 N–H and O–H groups in total. The first-order valence-electron chi connectivity index (χ1n) is 27.6. The first kappa shape index (κ1) is 93.9. The van der Waals surface area contributed by atoms with Crippen LogP contribution in [0.2, 0.25) is 0 Å². The van der Waals surface area contributed by atoms with Gasteiger partial charge >= 0.3 is 177 Å². The van der Waals surface area contributed by atoms with Crippen LogP contribution in [0.15, 0.2) is 149 Å². The zero-order valence-electron chi connectivity index (χ0n) is 56.7. The summed E-state index contributed by atoms with van der Waals surface area (Å²) in [4.78, 5) is 26.0. The summed E-state index contributed by atoms with van der Waals surface area (Å²) in [6.07, 6.45) is 0. The van der Waals surface area contributed by atoms with Crippen LogP contribution in [-0.2, 0) is 73.8 Å². The Morgan fingerprint density at radius 3 is 1.06 bits per heavy atom. The average Bonchev–Trinajstić information content (AvgIpc) is 0.592. The summed E-state index contributed by atoms with van der Waals surface area (Å²) in [7, 11) is -24.0. The number of hydrogen-bond donors (Lipinski definition) is 8. The van der Waals surface area contributed by atoms with Gasteiger partial charge in [0.15, 0.2) is 0 Å². The molecule has 0 fully saturated rings. The van der Waals surface area contributed by atoms with Crippen LogP contribution in [0.5, 0.6) is 11.5 Å². The number of hydrogen-bond acceptors (Lipinski definition) is 38. The maximum absolute atomic E-state index is 12.5. The number of benzene rings is 7. The SMILES string of the molecule is CNc1ccc2cc(S(=O)(=O)[O-])cc(O)c2c1N=Nc1cc(CN(C)c2nc(NCCS(=O)(=O)[O-])nc(Nc3ccc(Nc4nc(NCCS(=O)(=O)[O-])nc(N(C)Cc5ccc(S(=O)(=O)[O-])c(N=Nc6c(NC)ccc7cc(S(=O)(=O)[O-])cc(O)c67)c5)n4)cc3)n2)ccc1S(=O)(=O)[O-].[Na+].[Na+].[Na+].[Na+].[Na+].[Na+]. The Morgan fingerprint density at radius 2 is 0.750 bits per heavy atom. The zero-order valence-corrected chi connectivity index (χ0v) is 73.6. The van der Waals surface area contributed by atoms with Crippen LogP contribution in [0.4, 0.5) is 81.2 Å². The van der Waals surface area contributed by atoms with E-state index in [1.54, 1.807) is 0 Å². The van der Waals surface area contributed by atoms with E-state index < -0.39 is 128 Å². The second-order valence-corrected chi connectivity index (χ2v) is 29.3. The predicted octanol–water partition coefficient (Wildman–Crippen LogP) is -13.0. The molecule has 0 aliphatic heterocycles. The van der Waals surface area contributed by atoms with Gasteiger partial charge in [0.1, 0.15) is 74.7 Å². The summed E-state index contributed by atoms with van der Waals surface area (Å²) in [5.41, 5.74) is 0.301. The van der Waals surface area contributed by atoms with E-state index >= 15 is 0 Å². The number of fused-ring (bicyclic) bond motifs is 2. The summed E-state index contributed by atoms with van der Waals surface area (Å²) in [6, 6.07) is 21.9. The van der Waals surface area contributed by atoms with Crippen molar-refractivity contribution in [2.24, 2.45) is 20.5 Å². The predicted molar refractivity (Wildman–Crippen MR) is 346 cm³/mol. The third kappa shape index (κ3) is 25.4. The molecule has 0 aliphatic rings. The normalized spacial score (nSPS) is 11.8. The van der Waals surface area contributed by atoms with E-state index in [0.717, 1.165) is 24.3 Å². The fourth-order valence-electron chi connectivity index (χ4n) is 9.31. The molecular formula is C54H50N18Na6O20S6. The zero-order chi connectivity index (χ0) is 71.5. The first-order valence-corrected chi connectivity index (χ1v) is 36.4. The minimum atomic E-state index is -5.23. The summed E-state index contributed by atoms with van der Waals surface area (Å²) in [6.45, 7) is -1.25. The third-order valence-corrected chi connectivity index (χ3v) is 18.5. The largest absolute Gasteiger partial charge is 1.00 e. The van der Waals surface area contributed by atoms with Gasteiger partial charge in [0.25, 0.3) is 0 Å². The topological polar surface area (TPSA) is 589 Å². The van der Waals surface area contributed by atoms with Crippen molar-refractivity contribution in [3.63, 3.8) is 0 Å². The second kappa shape index (κ2) is 38.9. The van der Waals surface area contributed by atoms with Gasteiger partial charge in [-0.05, 0) is 107 Å². The Morgan fingerprint density at radius 1 is 0.413 bits per heavy atom. The van der Waals surface area contributed by atoms with E-state index in [4.69, 9.17) is 0 Å². The molecule has 0 bridgehead atoms. The maximum Gasteiger partial charge on any atom is 1.00 e. The molecule has 38 nitrogen and oxygen atoms in total. The van der Waals surface area contributed by atoms with Gasteiger partial charge < -0.3 is 79.2 Å². The average molecular weight is 1600 g/mol. The molecule has 2 aromatic heterocycles. The number of nitrogens with zero attached hydrogens (tertiary/aromatic N) is 12. The number of phenolic OH excluding ortho intramolecular Hbond substituents is 2. The van der Waals surface area contributed by atoms with Crippen LogP contribution in [0.3, 0.4) is 0 Å². The molecule has 0 unspecified atom stereocenters. The van der Waals surface area contributed by atoms with E-state index in [2.05, 4.69) is 82.3 Å². The molecule has 9 aromatic rings. The number of phenols is 2. The quantitative estimate of drug-likeness (QED) is 0.0128. The monoisotopic (exact) mass is 1600 g/mol. The van der Waals surface area contributed by atoms with E-state index in [1.807, 2.05) is 0 Å². The number of anilines is 10. The van der Waals surface area contributed by atoms with Gasteiger partial charge in [-0.1, -0.05) is 24.3 Å². The van der Waals surface area contributed by atoms with E-state index in [-0.39, 0.29) is 282 Å². The van der Waals surface area contributed by atoms with Crippen LogP contribution in [-0.4, -0.2) is 171 Å². The van der Waals surface area contributed by atoms with Crippen LogP contribution in [0, 0.1) is 0 Å². The molecule has 50 heteroatoms. The summed E-state index contributed by atoms with van der Waals surface area (Å²) < 4.78 is 215. The number of aromatic hydroxyl groups is 2. The second-order valence-electron chi connectivity index (χ2n) is 20.8. The molecule has 0 radical (unpaired) electrons. The molecule has 0 aliphatic carbocycles. The van der Waals surface area contributed by atoms with Gasteiger partial charge in [0.05, 0.1) is 73.5 Å². The molecule has 7 aromatic carbocycles. The summed E-state index contributed by atoms with van der Waals surface area (Å²) in [5, 5.41) is 55.0. The first-order chi connectivity index (χ1) is 45.8. The third-order valence-electron chi connectivity index (χ3n) is 13.7. The standard InChI is InChI=1S/C54H56N18O20S6.6Na/c1-55-37-13-7-31-23-35(95(81,82)83)25-41(73)45(31)47(37)69-67-39-21-29(5-15-43(39)97(87,88)89)27-71(3)53-63-49(57-17-19-93(75,76)77)61-51(65-53)59-33-9-11-34(12-10-33)60-52-62-50(58-18-20-94(78,79)80)64-54(66-52)72(4)28-30-6-16-44(98(90,91)92)40(22-30)68-70-48-38(56-2)14-8-32-24-36(96(84,85)86)26-42(74)46(32)48;;;;;;/h5-16,21-26,55-56,73-74H,17-20,27-28H2,1-4H3,(H,75,76,77)(H,78,79,80)(H,81,82,83)(H,84,85,86)(H,87,88,89)(H,90,91,92)(H2,57,59,61,63,65)(H2,58,60,62,64,66);;;;;;/q;6*+1/p-6. The number of aromatic nitrogens is 6. The maximum atomic E-state index is 12.5. The molecule has 0 atom stereocenters. The van der Waals surface area contributed by atoms with E-state index in [1.165, 1.54) is 111 Å². The van der Waals surface area contributed by atoms with E-state index in [9.17, 15) is 88.0 Å². The van der Waals surface area contributed by atoms with Crippen LogP contribution in [0.25, 0.3) is 21.5 Å². The molecule has 104 heavy (non-hydrogen) atoms. The Hall–Kier alpha value is -4.26. The molecule has 0 spiro atoms. The Kier molecular flexibility index (Phi) is 35.1. The van der Waals surface area contributed by atoms with Crippen LogP contribution >= 0.6 is 0 Å². The minimum Gasteiger partial charge on any atom is -0.748 e. The van der Waals surface area contributed by atoms with Gasteiger partial charge in [-0.2, -0.15) is 29.9 Å². The van der Waals surface area contributed by atoms with Crippen molar-refractivity contribution in [1.82, 2.24) is 29.9 Å². The van der Waals surface area contributed by atoms with E-state index in [0.29, 0.717) is 23.5 Å². The fourth-order valence-corrected chi connectivity index (χ4v) is 12.2. The summed E-state index contributed by atoms with van der Waals surface area (Å²) in [5.74, 6) is -4.16. The van der Waals surface area contributed by atoms with Crippen molar-refractivity contribution in [1.29, 1.82) is 0 Å². The molecule has 0 saturated heterocycles. The van der Waals surface area contributed by atoms with Crippen molar-refractivity contribution in [3.05, 3.63) is 120 Å². The molecule has 0 amide bonds. The van der Waals surface area contributed by atoms with Gasteiger partial charge in [-0.3, -0.25) is 0 Å². The van der Waals surface area contributed by atoms with Crippen molar-refractivity contribution in [2.75, 3.05) is 94.5 Å². The molecular weight excluding hydrogens is 1550 g/mol. The Labute approximate surface area is 728 Å². The summed E-state index contributed by atoms with van der Waals surface area (Å²) >= 11 is 0. The van der Waals surface area contributed by atoms with Gasteiger partial charge in [-0.15, -0.1) is 20.5 Å². The number of nitrogens with one attached hydrogen (secondary N) is 6. The number of rotatable bonds is 28. The minimum absolute atomic E-state index is 0. The van der Waals surface area contributed by atoms with Crippen molar-refractivity contribution >= 4 is 163 Å². The van der Waals surface area contributed by atoms with Crippen LogP contribution in [0.1, 0.15) is 11.1 Å². The number of azo groups is 2. The smallest absolute Gasteiger partial charge is 0.748 e. The van der Waals surface area contributed by atoms with Crippen molar-refractivity contribution in [2.45, 2.75) is 32.7 Å². The van der Waals surface area contributed by atoms with Crippen molar-refractivity contribution < 1.29 is 265 Å². The van der Waals surface area contributed by atoms with Crippen LogP contribution < -0.4 is 219 Å². The van der Waals surface area contributed by atoms with Gasteiger partial charge in [0, 0.05) is 65.7 Å². The molecule has 2 heterocycles. The molecule has 9 rings (SSSR count). The molecule has 0 saturated carbocycles. The van der Waals surface area contributed by atoms with Crippen molar-refractivity contribution in [3.8, 4) is 11.5 Å². The fraction of sp³-hybridized carbons (Fsp3) is 0.185. The Balaban J connectivity index is 0.00000468. The molecule has 518 valence electrons.